The van der Waals surface area contributed by atoms with Crippen molar-refractivity contribution in [2.75, 3.05) is 5.32 Å². The monoisotopic (exact) mass is 338 g/mol. The molecule has 0 unspecified atom stereocenters. The molecule has 0 bridgehead atoms. The van der Waals surface area contributed by atoms with Gasteiger partial charge in [0.15, 0.2) is 0 Å². The first kappa shape index (κ1) is 14.5. The second kappa shape index (κ2) is 6.00. The van der Waals surface area contributed by atoms with Crippen molar-refractivity contribution in [3.05, 3.63) is 67.9 Å². The molecule has 0 fully saturated rings. The van der Waals surface area contributed by atoms with Gasteiger partial charge in [-0.1, -0.05) is 12.1 Å². The van der Waals surface area contributed by atoms with Crippen LogP contribution < -0.4 is 5.32 Å². The molecule has 6 heteroatoms. The van der Waals surface area contributed by atoms with Crippen molar-refractivity contribution >= 4 is 27.3 Å². The third kappa shape index (κ3) is 3.33. The lowest BCUT2D eigenvalue weighted by molar-refractivity contribution is -0.385. The zero-order valence-corrected chi connectivity index (χ0v) is 12.3. The molecule has 1 N–H and O–H groups in total. The summed E-state index contributed by atoms with van der Waals surface area (Å²) in [4.78, 5) is 10.5. The molecule has 104 valence electrons. The minimum absolute atomic E-state index is 0.101. The number of halogens is 2. The normalized spacial score (nSPS) is 10.3. The van der Waals surface area contributed by atoms with Crippen LogP contribution in [-0.4, -0.2) is 4.92 Å². The van der Waals surface area contributed by atoms with Crippen molar-refractivity contribution in [2.45, 2.75) is 13.5 Å². The Morgan fingerprint density at radius 2 is 2.05 bits per heavy atom. The van der Waals surface area contributed by atoms with E-state index in [0.717, 1.165) is 11.3 Å². The van der Waals surface area contributed by atoms with Gasteiger partial charge >= 0.3 is 0 Å². The van der Waals surface area contributed by atoms with E-state index >= 15 is 0 Å². The van der Waals surface area contributed by atoms with Crippen LogP contribution in [0.2, 0.25) is 0 Å². The Labute approximate surface area is 123 Å². The highest BCUT2D eigenvalue weighted by Gasteiger charge is 2.10. The molecule has 2 rings (SSSR count). The van der Waals surface area contributed by atoms with Gasteiger partial charge in [0, 0.05) is 23.9 Å². The number of hydrogen-bond donors (Lipinski definition) is 1. The molecule has 0 aliphatic heterocycles. The van der Waals surface area contributed by atoms with Crippen LogP contribution in [0.5, 0.6) is 0 Å². The first-order chi connectivity index (χ1) is 9.47. The lowest BCUT2D eigenvalue weighted by Crippen LogP contribution is -2.01. The van der Waals surface area contributed by atoms with Crippen molar-refractivity contribution in [1.29, 1.82) is 0 Å². The van der Waals surface area contributed by atoms with Crippen molar-refractivity contribution in [3.8, 4) is 0 Å². The molecule has 0 aliphatic rings. The summed E-state index contributed by atoms with van der Waals surface area (Å²) in [7, 11) is 0. The average molecular weight is 339 g/mol. The predicted molar refractivity (Wildman–Crippen MR) is 79.3 cm³/mol. The minimum atomic E-state index is -0.396. The van der Waals surface area contributed by atoms with Gasteiger partial charge in [-0.25, -0.2) is 4.39 Å². The zero-order chi connectivity index (χ0) is 14.7. The molecule has 0 spiro atoms. The molecule has 0 saturated carbocycles. The summed E-state index contributed by atoms with van der Waals surface area (Å²) in [6.07, 6.45) is 0. The molecule has 0 aromatic heterocycles. The number of nitrogens with zero attached hydrogens (tertiary/aromatic N) is 1. The van der Waals surface area contributed by atoms with E-state index < -0.39 is 4.92 Å². The smallest absolute Gasteiger partial charge is 0.272 e. The maximum atomic E-state index is 13.1. The van der Waals surface area contributed by atoms with Crippen LogP contribution in [-0.2, 0) is 6.54 Å². The quantitative estimate of drug-likeness (QED) is 0.663. The van der Waals surface area contributed by atoms with Crippen LogP contribution in [0.3, 0.4) is 0 Å². The van der Waals surface area contributed by atoms with Crippen LogP contribution in [0.1, 0.15) is 11.1 Å². The molecule has 0 radical (unpaired) electrons. The topological polar surface area (TPSA) is 55.2 Å². The molecule has 0 heterocycles. The maximum Gasteiger partial charge on any atom is 0.272 e. The third-order valence-corrected chi connectivity index (χ3v) is 3.49. The van der Waals surface area contributed by atoms with E-state index in [1.807, 2.05) is 6.07 Å². The van der Waals surface area contributed by atoms with Gasteiger partial charge in [-0.05, 0) is 46.6 Å². The van der Waals surface area contributed by atoms with Gasteiger partial charge in [-0.2, -0.15) is 0 Å². The Morgan fingerprint density at radius 3 is 2.70 bits per heavy atom. The standard InChI is InChI=1S/C14H12BrFN2O2/c1-9-2-3-10(6-14(9)18(19)20)8-17-11-4-5-13(16)12(15)7-11/h2-7,17H,8H2,1H3. The Balaban J connectivity index is 2.12. The summed E-state index contributed by atoms with van der Waals surface area (Å²) in [5, 5.41) is 14.0. The SMILES string of the molecule is Cc1ccc(CNc2ccc(F)c(Br)c2)cc1[N+](=O)[O-]. The number of benzene rings is 2. The number of aryl methyl sites for hydroxylation is 1. The van der Waals surface area contributed by atoms with E-state index in [4.69, 9.17) is 0 Å². The number of nitro groups is 1. The highest BCUT2D eigenvalue weighted by Crippen LogP contribution is 2.22. The van der Waals surface area contributed by atoms with E-state index in [1.54, 1.807) is 31.2 Å². The summed E-state index contributed by atoms with van der Waals surface area (Å²) >= 11 is 3.11. The summed E-state index contributed by atoms with van der Waals surface area (Å²) in [5.74, 6) is -0.332. The lowest BCUT2D eigenvalue weighted by atomic mass is 10.1. The molecule has 20 heavy (non-hydrogen) atoms. The molecule has 0 atom stereocenters. The van der Waals surface area contributed by atoms with E-state index in [-0.39, 0.29) is 11.5 Å². The fourth-order valence-electron chi connectivity index (χ4n) is 1.77. The lowest BCUT2D eigenvalue weighted by Gasteiger charge is -2.08. The maximum absolute atomic E-state index is 13.1. The second-order valence-corrected chi connectivity index (χ2v) is 5.21. The summed E-state index contributed by atoms with van der Waals surface area (Å²) in [6, 6.07) is 9.68. The van der Waals surface area contributed by atoms with Gasteiger partial charge in [0.05, 0.1) is 9.40 Å². The first-order valence-corrected chi connectivity index (χ1v) is 6.69. The van der Waals surface area contributed by atoms with Gasteiger partial charge in [0.25, 0.3) is 5.69 Å². The Bertz CT molecular complexity index is 662. The fraction of sp³-hybridized carbons (Fsp3) is 0.143. The number of nitro benzene ring substituents is 1. The van der Waals surface area contributed by atoms with Crippen molar-refractivity contribution < 1.29 is 9.31 Å². The van der Waals surface area contributed by atoms with Crippen molar-refractivity contribution in [1.82, 2.24) is 0 Å². The fourth-order valence-corrected chi connectivity index (χ4v) is 2.15. The molecule has 4 nitrogen and oxygen atoms in total. The molecule has 2 aromatic rings. The molecule has 0 amide bonds. The van der Waals surface area contributed by atoms with Crippen LogP contribution in [0.4, 0.5) is 15.8 Å². The largest absolute Gasteiger partial charge is 0.381 e. The Morgan fingerprint density at radius 1 is 1.30 bits per heavy atom. The number of nitrogens with one attached hydrogen (secondary N) is 1. The molecule has 2 aromatic carbocycles. The van der Waals surface area contributed by atoms with Crippen LogP contribution in [0, 0.1) is 22.9 Å². The van der Waals surface area contributed by atoms with Gasteiger partial charge in [0.2, 0.25) is 0 Å². The Hall–Kier alpha value is -1.95. The molecule has 0 aliphatic carbocycles. The third-order valence-electron chi connectivity index (χ3n) is 2.89. The van der Waals surface area contributed by atoms with Gasteiger partial charge in [0.1, 0.15) is 5.82 Å². The second-order valence-electron chi connectivity index (χ2n) is 4.36. The zero-order valence-electron chi connectivity index (χ0n) is 10.7. The first-order valence-electron chi connectivity index (χ1n) is 5.90. The number of rotatable bonds is 4. The predicted octanol–water partition coefficient (Wildman–Crippen LogP) is 4.42. The van der Waals surface area contributed by atoms with E-state index in [2.05, 4.69) is 21.2 Å². The van der Waals surface area contributed by atoms with Crippen LogP contribution >= 0.6 is 15.9 Å². The minimum Gasteiger partial charge on any atom is -0.381 e. The summed E-state index contributed by atoms with van der Waals surface area (Å²) in [5.41, 5.74) is 2.26. The van der Waals surface area contributed by atoms with Gasteiger partial charge < -0.3 is 5.32 Å². The Kier molecular flexibility index (Phi) is 4.34. The average Bonchev–Trinajstić information content (AvgIpc) is 2.41. The highest BCUT2D eigenvalue weighted by molar-refractivity contribution is 9.10. The van der Waals surface area contributed by atoms with Crippen LogP contribution in [0.25, 0.3) is 0 Å². The highest BCUT2D eigenvalue weighted by atomic mass is 79.9. The van der Waals surface area contributed by atoms with Gasteiger partial charge in [-0.15, -0.1) is 0 Å². The number of anilines is 1. The molecular formula is C14H12BrFN2O2. The van der Waals surface area contributed by atoms with E-state index in [9.17, 15) is 14.5 Å². The van der Waals surface area contributed by atoms with Crippen molar-refractivity contribution in [2.24, 2.45) is 0 Å². The summed E-state index contributed by atoms with van der Waals surface area (Å²) < 4.78 is 13.5. The summed E-state index contributed by atoms with van der Waals surface area (Å²) in [6.45, 7) is 2.13. The number of hydrogen-bond acceptors (Lipinski definition) is 3. The van der Waals surface area contributed by atoms with Gasteiger partial charge in [-0.3, -0.25) is 10.1 Å². The van der Waals surface area contributed by atoms with E-state index in [0.29, 0.717) is 16.6 Å². The van der Waals surface area contributed by atoms with Crippen LogP contribution in [0.15, 0.2) is 40.9 Å². The molecule has 0 saturated heterocycles. The molecular weight excluding hydrogens is 327 g/mol. The van der Waals surface area contributed by atoms with E-state index in [1.165, 1.54) is 6.07 Å². The van der Waals surface area contributed by atoms with Crippen molar-refractivity contribution in [3.63, 3.8) is 0 Å².